The summed E-state index contributed by atoms with van der Waals surface area (Å²) in [6.07, 6.45) is 1.52. The van der Waals surface area contributed by atoms with Crippen LogP contribution in [0.1, 0.15) is 15.2 Å². The molecule has 0 aliphatic heterocycles. The van der Waals surface area contributed by atoms with Gasteiger partial charge in [-0.2, -0.15) is 0 Å². The van der Waals surface area contributed by atoms with Gasteiger partial charge in [-0.25, -0.2) is 13.6 Å². The minimum atomic E-state index is -1.40. The highest BCUT2D eigenvalue weighted by Crippen LogP contribution is 2.24. The van der Waals surface area contributed by atoms with Gasteiger partial charge in [-0.15, -0.1) is 11.3 Å². The Morgan fingerprint density at radius 2 is 2.06 bits per heavy atom. The van der Waals surface area contributed by atoms with Gasteiger partial charge in [0.25, 0.3) is 0 Å². The van der Waals surface area contributed by atoms with E-state index >= 15 is 0 Å². The second-order valence-corrected chi connectivity index (χ2v) is 4.30. The van der Waals surface area contributed by atoms with Crippen molar-refractivity contribution in [1.82, 2.24) is 4.98 Å². The summed E-state index contributed by atoms with van der Waals surface area (Å²) in [7, 11) is 0. The third-order valence-corrected chi connectivity index (χ3v) is 2.84. The van der Waals surface area contributed by atoms with Crippen LogP contribution in [0.2, 0.25) is 0 Å². The van der Waals surface area contributed by atoms with Gasteiger partial charge in [-0.05, 0) is 12.1 Å². The summed E-state index contributed by atoms with van der Waals surface area (Å²) >= 11 is 1.29. The molecule has 2 aromatic rings. The van der Waals surface area contributed by atoms with Crippen LogP contribution in [0.25, 0.3) is 0 Å². The van der Waals surface area contributed by atoms with Crippen molar-refractivity contribution >= 4 is 17.3 Å². The first kappa shape index (κ1) is 12.4. The summed E-state index contributed by atoms with van der Waals surface area (Å²) in [5.41, 5.74) is 1.11. The Bertz CT molecular complexity index is 549. The van der Waals surface area contributed by atoms with Gasteiger partial charge in [-0.1, -0.05) is 0 Å². The second-order valence-electron chi connectivity index (χ2n) is 3.33. The molecule has 0 saturated heterocycles. The second kappa shape index (κ2) is 5.09. The van der Waals surface area contributed by atoms with Crippen molar-refractivity contribution in [3.05, 3.63) is 45.9 Å². The summed E-state index contributed by atoms with van der Waals surface area (Å²) in [6.45, 7) is -0.0229. The Morgan fingerprint density at radius 1 is 1.39 bits per heavy atom. The minimum Gasteiger partial charge on any atom is -0.482 e. The molecule has 1 N–H and O–H groups in total. The molecule has 1 heterocycles. The van der Waals surface area contributed by atoms with Gasteiger partial charge >= 0.3 is 5.97 Å². The highest BCUT2D eigenvalue weighted by atomic mass is 32.1. The smallest absolute Gasteiger partial charge is 0.335 e. The topological polar surface area (TPSA) is 59.4 Å². The van der Waals surface area contributed by atoms with E-state index in [9.17, 15) is 13.6 Å². The predicted octanol–water partition coefficient (Wildman–Crippen LogP) is 2.70. The van der Waals surface area contributed by atoms with Crippen LogP contribution in [0.15, 0.2) is 23.8 Å². The van der Waals surface area contributed by atoms with Crippen LogP contribution in [0.5, 0.6) is 5.75 Å². The lowest BCUT2D eigenvalue weighted by molar-refractivity contribution is 0.0695. The van der Waals surface area contributed by atoms with Crippen molar-refractivity contribution in [2.24, 2.45) is 0 Å². The zero-order chi connectivity index (χ0) is 13.1. The van der Waals surface area contributed by atoms with Crippen LogP contribution < -0.4 is 4.74 Å². The number of halogens is 2. The molecule has 2 rings (SSSR count). The number of hydrogen-bond donors (Lipinski definition) is 1. The Balaban J connectivity index is 2.20. The third kappa shape index (κ3) is 2.62. The Kier molecular flexibility index (Phi) is 3.52. The van der Waals surface area contributed by atoms with E-state index in [1.165, 1.54) is 17.5 Å². The lowest BCUT2D eigenvalue weighted by Gasteiger charge is -2.07. The fraction of sp³-hybridized carbons (Fsp3) is 0.0909. The van der Waals surface area contributed by atoms with Crippen LogP contribution in [0.4, 0.5) is 8.78 Å². The fourth-order valence-corrected chi connectivity index (χ4v) is 1.78. The first-order valence-corrected chi connectivity index (χ1v) is 5.68. The van der Waals surface area contributed by atoms with E-state index in [-0.39, 0.29) is 6.61 Å². The van der Waals surface area contributed by atoms with Crippen LogP contribution >= 0.6 is 11.3 Å². The number of nitrogens with zero attached hydrogens (tertiary/aromatic N) is 1. The summed E-state index contributed by atoms with van der Waals surface area (Å²) < 4.78 is 31.9. The number of benzene rings is 1. The van der Waals surface area contributed by atoms with E-state index in [0.717, 1.165) is 0 Å². The van der Waals surface area contributed by atoms with Crippen molar-refractivity contribution in [3.63, 3.8) is 0 Å². The number of rotatable bonds is 4. The average Bonchev–Trinajstić information content (AvgIpc) is 2.80. The number of hydrogen-bond acceptors (Lipinski definition) is 4. The number of thiazole rings is 1. The Morgan fingerprint density at radius 3 is 2.56 bits per heavy atom. The standard InChI is InChI=1S/C11H7F2NO3S/c12-8-1-6(11(15)16)2-9(13)10(8)17-4-7-3-14-5-18-7/h1-3,5H,4H2,(H,15,16). The molecule has 0 bridgehead atoms. The van der Waals surface area contributed by atoms with E-state index in [2.05, 4.69) is 4.98 Å². The zero-order valence-electron chi connectivity index (χ0n) is 8.89. The van der Waals surface area contributed by atoms with E-state index in [4.69, 9.17) is 9.84 Å². The van der Waals surface area contributed by atoms with E-state index in [0.29, 0.717) is 17.0 Å². The SMILES string of the molecule is O=C(O)c1cc(F)c(OCc2cncs2)c(F)c1. The number of ether oxygens (including phenoxy) is 1. The van der Waals surface area contributed by atoms with Crippen molar-refractivity contribution < 1.29 is 23.4 Å². The summed E-state index contributed by atoms with van der Waals surface area (Å²) in [6, 6.07) is 1.43. The highest BCUT2D eigenvalue weighted by Gasteiger charge is 2.16. The number of aromatic nitrogens is 1. The van der Waals surface area contributed by atoms with Gasteiger partial charge in [0.05, 0.1) is 16.0 Å². The molecule has 0 fully saturated rings. The lowest BCUT2D eigenvalue weighted by Crippen LogP contribution is -2.03. The van der Waals surface area contributed by atoms with Gasteiger partial charge in [0, 0.05) is 6.20 Å². The molecule has 7 heteroatoms. The summed E-state index contributed by atoms with van der Waals surface area (Å²) in [5, 5.41) is 8.62. The summed E-state index contributed by atoms with van der Waals surface area (Å²) in [5.74, 6) is -4.08. The quantitative estimate of drug-likeness (QED) is 0.928. The number of aromatic carboxylic acids is 1. The molecule has 0 atom stereocenters. The third-order valence-electron chi connectivity index (χ3n) is 2.09. The zero-order valence-corrected chi connectivity index (χ0v) is 9.71. The molecule has 0 unspecified atom stereocenters. The summed E-state index contributed by atoms with van der Waals surface area (Å²) in [4.78, 5) is 15.1. The van der Waals surface area contributed by atoms with Crippen molar-refractivity contribution in [2.75, 3.05) is 0 Å². The van der Waals surface area contributed by atoms with Gasteiger partial charge < -0.3 is 9.84 Å². The lowest BCUT2D eigenvalue weighted by atomic mass is 10.2. The van der Waals surface area contributed by atoms with Crippen LogP contribution in [-0.4, -0.2) is 16.1 Å². The molecule has 0 aliphatic carbocycles. The molecular formula is C11H7F2NO3S. The van der Waals surface area contributed by atoms with Gasteiger partial charge in [0.2, 0.25) is 0 Å². The molecule has 0 saturated carbocycles. The van der Waals surface area contributed by atoms with E-state index < -0.39 is 28.9 Å². The molecule has 1 aromatic heterocycles. The fourth-order valence-electron chi connectivity index (χ4n) is 1.28. The Hall–Kier alpha value is -2.02. The molecule has 4 nitrogen and oxygen atoms in total. The highest BCUT2D eigenvalue weighted by molar-refractivity contribution is 7.09. The van der Waals surface area contributed by atoms with Crippen LogP contribution in [0, 0.1) is 11.6 Å². The first-order valence-electron chi connectivity index (χ1n) is 4.80. The van der Waals surface area contributed by atoms with E-state index in [1.807, 2.05) is 0 Å². The monoisotopic (exact) mass is 271 g/mol. The number of carboxylic acids is 1. The van der Waals surface area contributed by atoms with Crippen molar-refractivity contribution in [1.29, 1.82) is 0 Å². The molecule has 0 amide bonds. The minimum absolute atomic E-state index is 0.0229. The van der Waals surface area contributed by atoms with Gasteiger partial charge in [0.1, 0.15) is 6.61 Å². The molecule has 0 radical (unpaired) electrons. The maximum absolute atomic E-state index is 13.5. The van der Waals surface area contributed by atoms with Crippen LogP contribution in [-0.2, 0) is 6.61 Å². The maximum Gasteiger partial charge on any atom is 0.335 e. The van der Waals surface area contributed by atoms with E-state index in [1.54, 1.807) is 5.51 Å². The average molecular weight is 271 g/mol. The number of carbonyl (C=O) groups is 1. The normalized spacial score (nSPS) is 10.3. The largest absolute Gasteiger partial charge is 0.482 e. The molecule has 0 aliphatic rings. The van der Waals surface area contributed by atoms with Crippen LogP contribution in [0.3, 0.4) is 0 Å². The van der Waals surface area contributed by atoms with Gasteiger partial charge in [0.15, 0.2) is 17.4 Å². The molecular weight excluding hydrogens is 264 g/mol. The number of carboxylic acid groups (broad SMARTS) is 1. The first-order chi connectivity index (χ1) is 8.58. The predicted molar refractivity (Wildman–Crippen MR) is 59.8 cm³/mol. The molecule has 18 heavy (non-hydrogen) atoms. The van der Waals surface area contributed by atoms with Gasteiger partial charge in [-0.3, -0.25) is 4.98 Å². The molecule has 0 spiro atoms. The molecule has 94 valence electrons. The maximum atomic E-state index is 13.5. The van der Waals surface area contributed by atoms with Crippen molar-refractivity contribution in [3.8, 4) is 5.75 Å². The molecule has 1 aromatic carbocycles. The van der Waals surface area contributed by atoms with Crippen molar-refractivity contribution in [2.45, 2.75) is 6.61 Å². The Labute approximate surface area is 104 Å².